The van der Waals surface area contributed by atoms with Crippen molar-refractivity contribution in [1.29, 1.82) is 0 Å². The largest absolute Gasteiger partial charge is 0.493 e. The van der Waals surface area contributed by atoms with Crippen LogP contribution >= 0.6 is 0 Å². The van der Waals surface area contributed by atoms with Crippen molar-refractivity contribution in [2.75, 3.05) is 33.9 Å². The van der Waals surface area contributed by atoms with Crippen LogP contribution in [0.2, 0.25) is 0 Å². The lowest BCUT2D eigenvalue weighted by Gasteiger charge is -2.42. The van der Waals surface area contributed by atoms with Gasteiger partial charge in [-0.05, 0) is 30.0 Å². The van der Waals surface area contributed by atoms with Crippen LogP contribution in [0.4, 0.5) is 0 Å². The van der Waals surface area contributed by atoms with Gasteiger partial charge >= 0.3 is 0 Å². The fourth-order valence-electron chi connectivity index (χ4n) is 2.87. The molecule has 1 unspecified atom stereocenters. The molecule has 3 N–H and O–H groups in total. The number of nitrogens with one attached hydrogen (secondary N) is 1. The van der Waals surface area contributed by atoms with E-state index < -0.39 is 0 Å². The van der Waals surface area contributed by atoms with Crippen molar-refractivity contribution >= 4 is 11.8 Å². The molecule has 0 aliphatic carbocycles. The van der Waals surface area contributed by atoms with E-state index in [1.165, 1.54) is 14.2 Å². The monoisotopic (exact) mass is 349 g/mol. The summed E-state index contributed by atoms with van der Waals surface area (Å²) in [6.07, 6.45) is 0.781. The summed E-state index contributed by atoms with van der Waals surface area (Å²) in [5.74, 6) is 0.539. The zero-order valence-corrected chi connectivity index (χ0v) is 15.3. The number of nitrogens with two attached hydrogens (primary N) is 1. The van der Waals surface area contributed by atoms with Gasteiger partial charge in [0.1, 0.15) is 0 Å². The molecule has 25 heavy (non-hydrogen) atoms. The molecule has 2 rings (SSSR count). The summed E-state index contributed by atoms with van der Waals surface area (Å²) in [6.45, 7) is 5.30. The minimum atomic E-state index is -0.242. The molecular weight excluding hydrogens is 322 g/mol. The molecule has 1 aromatic carbocycles. The average Bonchev–Trinajstić information content (AvgIpc) is 2.61. The molecule has 1 aliphatic rings. The molecule has 0 bridgehead atoms. The molecule has 2 amide bonds. The van der Waals surface area contributed by atoms with Gasteiger partial charge < -0.3 is 25.4 Å². The van der Waals surface area contributed by atoms with Gasteiger partial charge in [-0.2, -0.15) is 0 Å². The lowest BCUT2D eigenvalue weighted by atomic mass is 9.79. The van der Waals surface area contributed by atoms with E-state index in [4.69, 9.17) is 15.2 Å². The van der Waals surface area contributed by atoms with Gasteiger partial charge in [0.25, 0.3) is 11.8 Å². The maximum atomic E-state index is 12.8. The number of amides is 2. The van der Waals surface area contributed by atoms with Crippen molar-refractivity contribution in [2.45, 2.75) is 26.3 Å². The third-order valence-electron chi connectivity index (χ3n) is 4.65. The summed E-state index contributed by atoms with van der Waals surface area (Å²) in [4.78, 5) is 25.9. The predicted octanol–water partition coefficient (Wildman–Crippen LogP) is 1.02. The Hall–Kier alpha value is -2.28. The standard InChI is InChI=1S/C18H27N3O4/c1-18(2)11-21(8-7-15(18)19)17(23)12-5-6-13(14(9-12)24-4)25-10-16(22)20-3/h5-6,9,15H,7-8,10-11,19H2,1-4H3,(H,20,22). The number of benzene rings is 1. The number of likely N-dealkylation sites (N-methyl/N-ethyl adjacent to an activating group) is 1. The van der Waals surface area contributed by atoms with Crippen molar-refractivity contribution in [3.63, 3.8) is 0 Å². The summed E-state index contributed by atoms with van der Waals surface area (Å²) in [6, 6.07) is 5.07. The van der Waals surface area contributed by atoms with Crippen LogP contribution in [-0.4, -0.2) is 56.6 Å². The summed E-state index contributed by atoms with van der Waals surface area (Å²) >= 11 is 0. The van der Waals surface area contributed by atoms with Crippen molar-refractivity contribution < 1.29 is 19.1 Å². The predicted molar refractivity (Wildman–Crippen MR) is 94.8 cm³/mol. The minimum Gasteiger partial charge on any atom is -0.493 e. The molecule has 0 spiro atoms. The quantitative estimate of drug-likeness (QED) is 0.828. The van der Waals surface area contributed by atoms with Crippen LogP contribution < -0.4 is 20.5 Å². The number of carbonyl (C=O) groups excluding carboxylic acids is 2. The Morgan fingerprint density at radius 3 is 2.68 bits per heavy atom. The first-order chi connectivity index (χ1) is 11.8. The maximum absolute atomic E-state index is 12.8. The zero-order chi connectivity index (χ0) is 18.6. The van der Waals surface area contributed by atoms with Crippen molar-refractivity contribution in [2.24, 2.45) is 11.1 Å². The lowest BCUT2D eigenvalue weighted by Crippen LogP contribution is -2.54. The van der Waals surface area contributed by atoms with Crippen molar-refractivity contribution in [1.82, 2.24) is 10.2 Å². The van der Waals surface area contributed by atoms with E-state index in [-0.39, 0.29) is 29.9 Å². The summed E-state index contributed by atoms with van der Waals surface area (Å²) < 4.78 is 10.7. The SMILES string of the molecule is CNC(=O)COc1ccc(C(=O)N2CCC(N)C(C)(C)C2)cc1OC. The fraction of sp³-hybridized carbons (Fsp3) is 0.556. The highest BCUT2D eigenvalue weighted by atomic mass is 16.5. The molecule has 0 aromatic heterocycles. The normalized spacial score (nSPS) is 19.2. The van der Waals surface area contributed by atoms with E-state index in [1.807, 2.05) is 4.90 Å². The van der Waals surface area contributed by atoms with Crippen LogP contribution in [-0.2, 0) is 4.79 Å². The van der Waals surface area contributed by atoms with Crippen LogP contribution in [0.5, 0.6) is 11.5 Å². The molecule has 1 aromatic rings. The van der Waals surface area contributed by atoms with Crippen LogP contribution in [0.25, 0.3) is 0 Å². The second-order valence-corrected chi connectivity index (χ2v) is 6.94. The second kappa shape index (κ2) is 7.74. The molecule has 1 fully saturated rings. The highest BCUT2D eigenvalue weighted by Gasteiger charge is 2.35. The molecule has 1 saturated heterocycles. The molecule has 7 heteroatoms. The van der Waals surface area contributed by atoms with E-state index in [2.05, 4.69) is 19.2 Å². The van der Waals surface area contributed by atoms with Crippen LogP contribution in [0.3, 0.4) is 0 Å². The topological polar surface area (TPSA) is 93.9 Å². The Morgan fingerprint density at radius 1 is 1.36 bits per heavy atom. The van der Waals surface area contributed by atoms with Gasteiger partial charge in [0.2, 0.25) is 0 Å². The molecule has 7 nitrogen and oxygen atoms in total. The van der Waals surface area contributed by atoms with Gasteiger partial charge in [-0.3, -0.25) is 9.59 Å². The summed E-state index contributed by atoms with van der Waals surface area (Å²) in [5.41, 5.74) is 6.55. The van der Waals surface area contributed by atoms with E-state index in [9.17, 15) is 9.59 Å². The fourth-order valence-corrected chi connectivity index (χ4v) is 2.87. The summed E-state index contributed by atoms with van der Waals surface area (Å²) in [5, 5.41) is 2.48. The van der Waals surface area contributed by atoms with Crippen molar-refractivity contribution in [3.05, 3.63) is 23.8 Å². The molecule has 0 saturated carbocycles. The van der Waals surface area contributed by atoms with E-state index in [0.717, 1.165) is 6.42 Å². The number of hydrogen-bond donors (Lipinski definition) is 2. The average molecular weight is 349 g/mol. The molecule has 1 aliphatic heterocycles. The molecule has 138 valence electrons. The van der Waals surface area contributed by atoms with Gasteiger partial charge in [-0.1, -0.05) is 13.8 Å². The van der Waals surface area contributed by atoms with E-state index in [1.54, 1.807) is 18.2 Å². The number of nitrogens with zero attached hydrogens (tertiary/aromatic N) is 1. The Bertz CT molecular complexity index is 645. The first-order valence-electron chi connectivity index (χ1n) is 8.34. The third kappa shape index (κ3) is 4.42. The molecule has 1 heterocycles. The smallest absolute Gasteiger partial charge is 0.257 e. The number of rotatable bonds is 5. The highest BCUT2D eigenvalue weighted by Crippen LogP contribution is 2.31. The molecule has 0 radical (unpaired) electrons. The van der Waals surface area contributed by atoms with E-state index >= 15 is 0 Å². The van der Waals surface area contributed by atoms with Gasteiger partial charge in [0.15, 0.2) is 18.1 Å². The number of methoxy groups -OCH3 is 1. The first kappa shape index (κ1) is 19.1. The van der Waals surface area contributed by atoms with Crippen LogP contribution in [0.15, 0.2) is 18.2 Å². The number of hydrogen-bond acceptors (Lipinski definition) is 5. The minimum absolute atomic E-state index is 0.0591. The van der Waals surface area contributed by atoms with Gasteiger partial charge in [-0.25, -0.2) is 0 Å². The Morgan fingerprint density at radius 2 is 2.08 bits per heavy atom. The van der Waals surface area contributed by atoms with Gasteiger partial charge in [0, 0.05) is 31.7 Å². The molecular formula is C18H27N3O4. The Labute approximate surface area is 148 Å². The van der Waals surface area contributed by atoms with Crippen LogP contribution in [0, 0.1) is 5.41 Å². The Balaban J connectivity index is 2.14. The summed E-state index contributed by atoms with van der Waals surface area (Å²) in [7, 11) is 3.04. The Kier molecular flexibility index (Phi) is 5.89. The van der Waals surface area contributed by atoms with Gasteiger partial charge in [-0.15, -0.1) is 0 Å². The second-order valence-electron chi connectivity index (χ2n) is 6.94. The number of ether oxygens (including phenoxy) is 2. The van der Waals surface area contributed by atoms with E-state index in [0.29, 0.717) is 30.2 Å². The molecule has 1 atom stereocenters. The highest BCUT2D eigenvalue weighted by molar-refractivity contribution is 5.95. The first-order valence-corrected chi connectivity index (χ1v) is 8.34. The maximum Gasteiger partial charge on any atom is 0.257 e. The van der Waals surface area contributed by atoms with Gasteiger partial charge in [0.05, 0.1) is 7.11 Å². The third-order valence-corrected chi connectivity index (χ3v) is 4.65. The zero-order valence-electron chi connectivity index (χ0n) is 15.3. The number of piperidine rings is 1. The lowest BCUT2D eigenvalue weighted by molar-refractivity contribution is -0.122. The number of likely N-dealkylation sites (tertiary alicyclic amines) is 1. The van der Waals surface area contributed by atoms with Crippen molar-refractivity contribution in [3.8, 4) is 11.5 Å². The number of carbonyl (C=O) groups is 2. The van der Waals surface area contributed by atoms with Crippen LogP contribution in [0.1, 0.15) is 30.6 Å².